The van der Waals surface area contributed by atoms with E-state index >= 15 is 0 Å². The molecule has 0 atom stereocenters. The third kappa shape index (κ3) is 2.77. The van der Waals surface area contributed by atoms with Crippen molar-refractivity contribution in [2.45, 2.75) is 19.4 Å². The molecule has 0 bridgehead atoms. The van der Waals surface area contributed by atoms with E-state index in [1.807, 2.05) is 0 Å². The van der Waals surface area contributed by atoms with Crippen LogP contribution in [0.15, 0.2) is 22.7 Å². The molecule has 0 saturated carbocycles. The standard InChI is InChI=1S/C11H11Cl2N3O/c1-11(2,14)10-15-9(16-17-10)6-3-7(12)5-8(13)4-6/h3-5H,14H2,1-2H3. The summed E-state index contributed by atoms with van der Waals surface area (Å²) >= 11 is 11.8. The average molecular weight is 272 g/mol. The number of aromatic nitrogens is 2. The van der Waals surface area contributed by atoms with E-state index in [4.69, 9.17) is 33.5 Å². The van der Waals surface area contributed by atoms with Gasteiger partial charge in [-0.1, -0.05) is 28.4 Å². The number of halogens is 2. The second-order valence-corrected chi connectivity index (χ2v) is 5.18. The van der Waals surface area contributed by atoms with Crippen molar-refractivity contribution >= 4 is 23.2 Å². The highest BCUT2D eigenvalue weighted by Crippen LogP contribution is 2.26. The van der Waals surface area contributed by atoms with Crippen LogP contribution in [0.4, 0.5) is 0 Å². The molecule has 2 rings (SSSR count). The summed E-state index contributed by atoms with van der Waals surface area (Å²) in [6.07, 6.45) is 0. The Balaban J connectivity index is 2.44. The fraction of sp³-hybridized carbons (Fsp3) is 0.273. The van der Waals surface area contributed by atoms with Gasteiger partial charge in [-0.2, -0.15) is 4.98 Å². The van der Waals surface area contributed by atoms with Crippen LogP contribution in [0.25, 0.3) is 11.4 Å². The number of hydrogen-bond donors (Lipinski definition) is 1. The zero-order valence-corrected chi connectivity index (χ0v) is 10.9. The van der Waals surface area contributed by atoms with Crippen molar-refractivity contribution in [1.82, 2.24) is 10.1 Å². The van der Waals surface area contributed by atoms with Gasteiger partial charge in [-0.3, -0.25) is 0 Å². The zero-order valence-electron chi connectivity index (χ0n) is 9.37. The molecule has 6 heteroatoms. The lowest BCUT2D eigenvalue weighted by Gasteiger charge is -2.10. The molecule has 0 spiro atoms. The van der Waals surface area contributed by atoms with E-state index in [1.54, 1.807) is 32.0 Å². The van der Waals surface area contributed by atoms with Crippen LogP contribution in [0.2, 0.25) is 10.0 Å². The summed E-state index contributed by atoms with van der Waals surface area (Å²) in [4.78, 5) is 4.21. The molecule has 90 valence electrons. The van der Waals surface area contributed by atoms with Crippen molar-refractivity contribution in [1.29, 1.82) is 0 Å². The van der Waals surface area contributed by atoms with Gasteiger partial charge in [0.15, 0.2) is 0 Å². The normalized spacial score (nSPS) is 11.8. The van der Waals surface area contributed by atoms with Crippen LogP contribution >= 0.6 is 23.2 Å². The van der Waals surface area contributed by atoms with E-state index in [-0.39, 0.29) is 0 Å². The molecule has 4 nitrogen and oxygen atoms in total. The van der Waals surface area contributed by atoms with E-state index in [0.717, 1.165) is 0 Å². The molecule has 0 unspecified atom stereocenters. The molecule has 0 radical (unpaired) electrons. The molecule has 0 fully saturated rings. The maximum absolute atomic E-state index is 5.90. The molecule has 0 aliphatic carbocycles. The second kappa shape index (κ2) is 4.29. The van der Waals surface area contributed by atoms with Gasteiger partial charge >= 0.3 is 0 Å². The third-order valence-corrected chi connectivity index (χ3v) is 2.53. The molecule has 2 N–H and O–H groups in total. The Labute approximate surface area is 109 Å². The third-order valence-electron chi connectivity index (χ3n) is 2.10. The summed E-state index contributed by atoms with van der Waals surface area (Å²) in [6, 6.07) is 5.07. The first-order valence-corrected chi connectivity index (χ1v) is 5.71. The minimum atomic E-state index is -0.673. The lowest BCUT2D eigenvalue weighted by atomic mass is 10.1. The van der Waals surface area contributed by atoms with Gasteiger partial charge in [0.05, 0.1) is 5.54 Å². The van der Waals surface area contributed by atoms with Gasteiger partial charge in [-0.05, 0) is 32.0 Å². The molecule has 1 aromatic heterocycles. The Hall–Kier alpha value is -1.10. The highest BCUT2D eigenvalue weighted by atomic mass is 35.5. The van der Waals surface area contributed by atoms with Gasteiger partial charge < -0.3 is 10.3 Å². The predicted octanol–water partition coefficient (Wildman–Crippen LogP) is 3.24. The predicted molar refractivity (Wildman–Crippen MR) is 67.0 cm³/mol. The quantitative estimate of drug-likeness (QED) is 0.911. The summed E-state index contributed by atoms with van der Waals surface area (Å²) in [6.45, 7) is 3.57. The summed E-state index contributed by atoms with van der Waals surface area (Å²) in [5.41, 5.74) is 5.88. The Morgan fingerprint density at radius 2 is 1.76 bits per heavy atom. The molecule has 2 aromatic rings. The molecule has 0 aliphatic rings. The lowest BCUT2D eigenvalue weighted by Crippen LogP contribution is -2.28. The molecule has 1 aromatic carbocycles. The van der Waals surface area contributed by atoms with Crippen LogP contribution in [0.1, 0.15) is 19.7 Å². The molecule has 17 heavy (non-hydrogen) atoms. The van der Waals surface area contributed by atoms with Gasteiger partial charge in [-0.25, -0.2) is 0 Å². The van der Waals surface area contributed by atoms with Crippen molar-refractivity contribution in [2.24, 2.45) is 5.73 Å². The zero-order chi connectivity index (χ0) is 12.6. The minimum absolute atomic E-state index is 0.364. The van der Waals surface area contributed by atoms with Crippen LogP contribution in [0.5, 0.6) is 0 Å². The summed E-state index contributed by atoms with van der Waals surface area (Å²) < 4.78 is 5.09. The van der Waals surface area contributed by atoms with Crippen molar-refractivity contribution in [2.75, 3.05) is 0 Å². The van der Waals surface area contributed by atoms with Crippen LogP contribution < -0.4 is 5.73 Å². The van der Waals surface area contributed by atoms with E-state index < -0.39 is 5.54 Å². The molecule has 0 amide bonds. The smallest absolute Gasteiger partial charge is 0.246 e. The maximum atomic E-state index is 5.90. The number of nitrogens with two attached hydrogens (primary N) is 1. The van der Waals surface area contributed by atoms with Crippen LogP contribution in [0, 0.1) is 0 Å². The van der Waals surface area contributed by atoms with Crippen LogP contribution in [-0.2, 0) is 5.54 Å². The monoisotopic (exact) mass is 271 g/mol. The Morgan fingerprint density at radius 1 is 1.18 bits per heavy atom. The molecular formula is C11H11Cl2N3O. The van der Waals surface area contributed by atoms with Gasteiger partial charge in [0.1, 0.15) is 0 Å². The van der Waals surface area contributed by atoms with Crippen molar-refractivity contribution in [3.8, 4) is 11.4 Å². The first-order chi connectivity index (χ1) is 7.86. The summed E-state index contributed by atoms with van der Waals surface area (Å²) in [7, 11) is 0. The van der Waals surface area contributed by atoms with E-state index in [1.165, 1.54) is 0 Å². The Bertz CT molecular complexity index is 526. The van der Waals surface area contributed by atoms with E-state index in [2.05, 4.69) is 10.1 Å². The highest BCUT2D eigenvalue weighted by molar-refractivity contribution is 6.35. The fourth-order valence-corrected chi connectivity index (χ4v) is 1.81. The topological polar surface area (TPSA) is 64.9 Å². The lowest BCUT2D eigenvalue weighted by molar-refractivity contribution is 0.312. The van der Waals surface area contributed by atoms with Crippen LogP contribution in [-0.4, -0.2) is 10.1 Å². The number of rotatable bonds is 2. The average Bonchev–Trinajstić information content (AvgIpc) is 2.63. The largest absolute Gasteiger partial charge is 0.337 e. The second-order valence-electron chi connectivity index (χ2n) is 4.30. The highest BCUT2D eigenvalue weighted by Gasteiger charge is 2.22. The van der Waals surface area contributed by atoms with E-state index in [0.29, 0.717) is 27.3 Å². The Kier molecular flexibility index (Phi) is 3.12. The summed E-state index contributed by atoms with van der Waals surface area (Å²) in [5, 5.41) is 4.89. The van der Waals surface area contributed by atoms with Crippen molar-refractivity contribution in [3.63, 3.8) is 0 Å². The number of benzene rings is 1. The van der Waals surface area contributed by atoms with Crippen molar-refractivity contribution in [3.05, 3.63) is 34.1 Å². The SMILES string of the molecule is CC(C)(N)c1nc(-c2cc(Cl)cc(Cl)c2)no1. The molecular weight excluding hydrogens is 261 g/mol. The van der Waals surface area contributed by atoms with Gasteiger partial charge in [0.2, 0.25) is 11.7 Å². The van der Waals surface area contributed by atoms with Gasteiger partial charge in [0.25, 0.3) is 0 Å². The van der Waals surface area contributed by atoms with Gasteiger partial charge in [0, 0.05) is 15.6 Å². The molecule has 0 saturated heterocycles. The number of nitrogens with zero attached hydrogens (tertiary/aromatic N) is 2. The summed E-state index contributed by atoms with van der Waals surface area (Å²) in [5.74, 6) is 0.784. The molecule has 0 aliphatic heterocycles. The molecule has 1 heterocycles. The first kappa shape index (κ1) is 12.4. The fourth-order valence-electron chi connectivity index (χ4n) is 1.29. The Morgan fingerprint density at radius 3 is 2.24 bits per heavy atom. The van der Waals surface area contributed by atoms with Gasteiger partial charge in [-0.15, -0.1) is 0 Å². The first-order valence-electron chi connectivity index (χ1n) is 4.96. The number of hydrogen-bond acceptors (Lipinski definition) is 4. The van der Waals surface area contributed by atoms with Crippen molar-refractivity contribution < 1.29 is 4.52 Å². The van der Waals surface area contributed by atoms with Crippen LogP contribution in [0.3, 0.4) is 0 Å². The minimum Gasteiger partial charge on any atom is -0.337 e. The van der Waals surface area contributed by atoms with E-state index in [9.17, 15) is 0 Å². The maximum Gasteiger partial charge on any atom is 0.246 e.